The van der Waals surface area contributed by atoms with Crippen molar-refractivity contribution in [3.8, 4) is 0 Å². The monoisotopic (exact) mass is 381 g/mol. The molecule has 0 aliphatic heterocycles. The number of unbranched alkanes of at least 4 members (excludes halogenated alkanes) is 1. The van der Waals surface area contributed by atoms with Crippen LogP contribution in [0.15, 0.2) is 28.2 Å². The van der Waals surface area contributed by atoms with Gasteiger partial charge in [0.2, 0.25) is 5.91 Å². The molecule has 1 aromatic carbocycles. The number of halogens is 1. The molecule has 0 bridgehead atoms. The SMILES string of the molecule is CCCCNC(=O)CSc1nc2ccc(Cl)cc2c(=O)n1CC(C)C. The number of nitrogens with one attached hydrogen (secondary N) is 1. The Morgan fingerprint density at radius 3 is 2.84 bits per heavy atom. The second kappa shape index (κ2) is 9.25. The molecule has 0 aliphatic carbocycles. The summed E-state index contributed by atoms with van der Waals surface area (Å²) in [5.74, 6) is 0.488. The van der Waals surface area contributed by atoms with E-state index in [-0.39, 0.29) is 23.1 Å². The molecule has 1 amide bonds. The summed E-state index contributed by atoms with van der Waals surface area (Å²) in [6.07, 6.45) is 2.00. The fourth-order valence-corrected chi connectivity index (χ4v) is 3.41. The first-order valence-corrected chi connectivity index (χ1v) is 9.88. The molecule has 136 valence electrons. The molecule has 0 radical (unpaired) electrons. The van der Waals surface area contributed by atoms with E-state index in [0.29, 0.717) is 34.2 Å². The fourth-order valence-electron chi connectivity index (χ4n) is 2.39. The number of nitrogens with zero attached hydrogens (tertiary/aromatic N) is 2. The van der Waals surface area contributed by atoms with E-state index < -0.39 is 0 Å². The predicted octanol–water partition coefficient (Wildman–Crippen LogP) is 3.71. The number of rotatable bonds is 8. The van der Waals surface area contributed by atoms with Gasteiger partial charge in [-0.3, -0.25) is 14.2 Å². The van der Waals surface area contributed by atoms with Gasteiger partial charge >= 0.3 is 0 Å². The Bertz CT molecular complexity index is 805. The molecule has 0 saturated heterocycles. The first-order valence-electron chi connectivity index (χ1n) is 8.52. The van der Waals surface area contributed by atoms with Gasteiger partial charge in [-0.05, 0) is 30.5 Å². The zero-order valence-corrected chi connectivity index (χ0v) is 16.4. The van der Waals surface area contributed by atoms with Gasteiger partial charge in [0.05, 0.1) is 16.7 Å². The molecule has 2 aromatic rings. The zero-order valence-electron chi connectivity index (χ0n) is 14.8. The molecule has 7 heteroatoms. The quantitative estimate of drug-likeness (QED) is 0.430. The summed E-state index contributed by atoms with van der Waals surface area (Å²) < 4.78 is 1.65. The van der Waals surface area contributed by atoms with Gasteiger partial charge in [-0.25, -0.2) is 4.98 Å². The molecule has 0 saturated carbocycles. The molecule has 1 heterocycles. The summed E-state index contributed by atoms with van der Waals surface area (Å²) in [6, 6.07) is 5.11. The van der Waals surface area contributed by atoms with Gasteiger partial charge in [-0.1, -0.05) is 50.6 Å². The first kappa shape index (κ1) is 19.8. The number of benzene rings is 1. The Kier molecular flexibility index (Phi) is 7.32. The van der Waals surface area contributed by atoms with Crippen molar-refractivity contribution in [2.24, 2.45) is 5.92 Å². The number of hydrogen-bond donors (Lipinski definition) is 1. The van der Waals surface area contributed by atoms with E-state index in [4.69, 9.17) is 11.6 Å². The molecule has 25 heavy (non-hydrogen) atoms. The maximum atomic E-state index is 12.8. The standard InChI is InChI=1S/C18H24ClN3O2S/c1-4-5-8-20-16(23)11-25-18-21-15-7-6-13(19)9-14(15)17(24)22(18)10-12(2)3/h6-7,9,12H,4-5,8,10-11H2,1-3H3,(H,20,23). The lowest BCUT2D eigenvalue weighted by Gasteiger charge is -2.15. The van der Waals surface area contributed by atoms with E-state index in [2.05, 4.69) is 17.2 Å². The van der Waals surface area contributed by atoms with Gasteiger partial charge in [0.25, 0.3) is 5.56 Å². The Balaban J connectivity index is 2.29. The van der Waals surface area contributed by atoms with E-state index in [1.165, 1.54) is 11.8 Å². The number of thioether (sulfide) groups is 1. The molecule has 1 N–H and O–H groups in total. The molecule has 0 fully saturated rings. The molecular weight excluding hydrogens is 358 g/mol. The van der Waals surface area contributed by atoms with Crippen LogP contribution in [-0.4, -0.2) is 27.8 Å². The lowest BCUT2D eigenvalue weighted by molar-refractivity contribution is -0.118. The smallest absolute Gasteiger partial charge is 0.262 e. The largest absolute Gasteiger partial charge is 0.355 e. The van der Waals surface area contributed by atoms with Gasteiger partial charge in [-0.15, -0.1) is 0 Å². The average molecular weight is 382 g/mol. The van der Waals surface area contributed by atoms with Crippen LogP contribution in [0.2, 0.25) is 5.02 Å². The summed E-state index contributed by atoms with van der Waals surface area (Å²) in [6.45, 7) is 7.39. The molecule has 0 atom stereocenters. The van der Waals surface area contributed by atoms with Gasteiger partial charge in [0, 0.05) is 18.1 Å². The molecule has 5 nitrogen and oxygen atoms in total. The van der Waals surface area contributed by atoms with Crippen LogP contribution < -0.4 is 10.9 Å². The van der Waals surface area contributed by atoms with Crippen LogP contribution in [0.3, 0.4) is 0 Å². The van der Waals surface area contributed by atoms with Crippen LogP contribution >= 0.6 is 23.4 Å². The van der Waals surface area contributed by atoms with Crippen LogP contribution in [-0.2, 0) is 11.3 Å². The summed E-state index contributed by atoms with van der Waals surface area (Å²) in [4.78, 5) is 29.4. The maximum Gasteiger partial charge on any atom is 0.262 e. The second-order valence-electron chi connectivity index (χ2n) is 6.36. The molecule has 2 rings (SSSR count). The lowest BCUT2D eigenvalue weighted by Crippen LogP contribution is -2.28. The number of amides is 1. The van der Waals surface area contributed by atoms with Crippen molar-refractivity contribution in [3.05, 3.63) is 33.6 Å². The highest BCUT2D eigenvalue weighted by Crippen LogP contribution is 2.21. The van der Waals surface area contributed by atoms with Gasteiger partial charge in [-0.2, -0.15) is 0 Å². The van der Waals surface area contributed by atoms with Crippen molar-refractivity contribution in [2.45, 2.75) is 45.3 Å². The van der Waals surface area contributed by atoms with Crippen molar-refractivity contribution < 1.29 is 4.79 Å². The Morgan fingerprint density at radius 2 is 2.16 bits per heavy atom. The van der Waals surface area contributed by atoms with E-state index in [9.17, 15) is 9.59 Å². The number of fused-ring (bicyclic) bond motifs is 1. The third-order valence-corrected chi connectivity index (χ3v) is 4.83. The van der Waals surface area contributed by atoms with Gasteiger partial charge in [0.15, 0.2) is 5.16 Å². The second-order valence-corrected chi connectivity index (χ2v) is 7.74. The average Bonchev–Trinajstić information content (AvgIpc) is 2.56. The molecule has 0 spiro atoms. The number of carbonyl (C=O) groups excluding carboxylic acids is 1. The van der Waals surface area contributed by atoms with Gasteiger partial charge in [0.1, 0.15) is 0 Å². The molecular formula is C18H24ClN3O2S. The Morgan fingerprint density at radius 1 is 1.40 bits per heavy atom. The first-order chi connectivity index (χ1) is 11.9. The molecule has 0 unspecified atom stereocenters. The van der Waals surface area contributed by atoms with Gasteiger partial charge < -0.3 is 5.32 Å². The minimum absolute atomic E-state index is 0.0417. The highest BCUT2D eigenvalue weighted by atomic mass is 35.5. The minimum Gasteiger partial charge on any atom is -0.355 e. The van der Waals surface area contributed by atoms with Crippen molar-refractivity contribution in [1.82, 2.24) is 14.9 Å². The van der Waals surface area contributed by atoms with E-state index in [1.54, 1.807) is 22.8 Å². The summed E-state index contributed by atoms with van der Waals surface area (Å²) in [7, 11) is 0. The van der Waals surface area contributed by atoms with Crippen LogP contribution in [0.4, 0.5) is 0 Å². The van der Waals surface area contributed by atoms with Crippen LogP contribution in [0.1, 0.15) is 33.6 Å². The van der Waals surface area contributed by atoms with E-state index in [0.717, 1.165) is 12.8 Å². The van der Waals surface area contributed by atoms with Crippen molar-refractivity contribution in [3.63, 3.8) is 0 Å². The highest BCUT2D eigenvalue weighted by Gasteiger charge is 2.14. The summed E-state index contributed by atoms with van der Waals surface area (Å²) >= 11 is 7.31. The predicted molar refractivity (Wildman–Crippen MR) is 104 cm³/mol. The van der Waals surface area contributed by atoms with Crippen molar-refractivity contribution in [2.75, 3.05) is 12.3 Å². The van der Waals surface area contributed by atoms with E-state index in [1.807, 2.05) is 13.8 Å². The number of aromatic nitrogens is 2. The zero-order chi connectivity index (χ0) is 18.4. The van der Waals surface area contributed by atoms with Crippen molar-refractivity contribution >= 4 is 40.2 Å². The lowest BCUT2D eigenvalue weighted by atomic mass is 10.2. The molecule has 1 aromatic heterocycles. The fraction of sp³-hybridized carbons (Fsp3) is 0.500. The third-order valence-electron chi connectivity index (χ3n) is 3.61. The third kappa shape index (κ3) is 5.47. The Hall–Kier alpha value is -1.53. The number of hydrogen-bond acceptors (Lipinski definition) is 4. The maximum absolute atomic E-state index is 12.8. The van der Waals surface area contributed by atoms with Crippen LogP contribution in [0, 0.1) is 5.92 Å². The van der Waals surface area contributed by atoms with E-state index >= 15 is 0 Å². The topological polar surface area (TPSA) is 64.0 Å². The summed E-state index contributed by atoms with van der Waals surface area (Å²) in [5.41, 5.74) is 0.485. The Labute approximate surface area is 157 Å². The highest BCUT2D eigenvalue weighted by molar-refractivity contribution is 7.99. The van der Waals surface area contributed by atoms with Crippen molar-refractivity contribution in [1.29, 1.82) is 0 Å². The minimum atomic E-state index is -0.116. The summed E-state index contributed by atoms with van der Waals surface area (Å²) in [5, 5.41) is 4.47. The van der Waals surface area contributed by atoms with Crippen LogP contribution in [0.5, 0.6) is 0 Å². The van der Waals surface area contributed by atoms with Crippen LogP contribution in [0.25, 0.3) is 10.9 Å². The normalized spacial score (nSPS) is 11.2. The molecule has 0 aliphatic rings. The number of carbonyl (C=O) groups is 1.